The monoisotopic (exact) mass is 465 g/mol. The predicted octanol–water partition coefficient (Wildman–Crippen LogP) is 6.91. The highest BCUT2D eigenvalue weighted by atomic mass is 16.1. The summed E-state index contributed by atoms with van der Waals surface area (Å²) in [5, 5.41) is 4.39. The van der Waals surface area contributed by atoms with E-state index in [1.165, 1.54) is 33.3 Å². The van der Waals surface area contributed by atoms with Crippen LogP contribution in [0.15, 0.2) is 79.0 Å². The SMILES string of the molecule is Cc1ccccc1-n1cc(CN2CCC(c3cccc(NC(=O)C(C)C)c3)CC2)c2ccccc21. The van der Waals surface area contributed by atoms with Crippen LogP contribution in [0.4, 0.5) is 5.69 Å². The zero-order valence-electron chi connectivity index (χ0n) is 21.0. The van der Waals surface area contributed by atoms with Gasteiger partial charge in [0.05, 0.1) is 5.52 Å². The number of nitrogens with zero attached hydrogens (tertiary/aromatic N) is 2. The summed E-state index contributed by atoms with van der Waals surface area (Å²) >= 11 is 0. The predicted molar refractivity (Wildman–Crippen MR) is 145 cm³/mol. The molecule has 4 aromatic rings. The fraction of sp³-hybridized carbons (Fsp3) is 0.323. The number of carbonyl (C=O) groups is 1. The molecule has 4 nitrogen and oxygen atoms in total. The summed E-state index contributed by atoms with van der Waals surface area (Å²) in [6.45, 7) is 9.16. The first kappa shape index (κ1) is 23.4. The Morgan fingerprint density at radius 2 is 1.71 bits per heavy atom. The van der Waals surface area contributed by atoms with E-state index in [9.17, 15) is 4.79 Å². The Balaban J connectivity index is 1.29. The molecule has 0 unspecified atom stereocenters. The highest BCUT2D eigenvalue weighted by Gasteiger charge is 2.22. The van der Waals surface area contributed by atoms with Gasteiger partial charge in [-0.15, -0.1) is 0 Å². The molecule has 0 radical (unpaired) electrons. The standard InChI is InChI=1S/C31H35N3O/c1-22(2)31(35)32-27-11-8-10-25(19-27)24-15-17-33(18-16-24)20-26-21-34(29-13-6-4-9-23(29)3)30-14-7-5-12-28(26)30/h4-14,19,21-22,24H,15-18,20H2,1-3H3,(H,32,35). The number of rotatable bonds is 6. The first-order valence-electron chi connectivity index (χ1n) is 12.8. The van der Waals surface area contributed by atoms with Gasteiger partial charge in [-0.25, -0.2) is 0 Å². The number of piperidine rings is 1. The van der Waals surface area contributed by atoms with E-state index in [1.54, 1.807) is 0 Å². The van der Waals surface area contributed by atoms with Crippen molar-refractivity contribution in [3.05, 3.63) is 95.7 Å². The molecule has 1 amide bonds. The number of fused-ring (bicyclic) bond motifs is 1. The molecule has 1 aliphatic rings. The summed E-state index contributed by atoms with van der Waals surface area (Å²) in [5.74, 6) is 0.593. The van der Waals surface area contributed by atoms with Gasteiger partial charge in [-0.1, -0.05) is 62.4 Å². The molecule has 3 aromatic carbocycles. The van der Waals surface area contributed by atoms with Crippen LogP contribution in [-0.2, 0) is 11.3 Å². The minimum atomic E-state index is -0.0151. The molecule has 1 saturated heterocycles. The van der Waals surface area contributed by atoms with Crippen LogP contribution in [0, 0.1) is 12.8 Å². The number of aromatic nitrogens is 1. The molecule has 0 spiro atoms. The average molecular weight is 466 g/mol. The fourth-order valence-electron chi connectivity index (χ4n) is 5.23. The van der Waals surface area contributed by atoms with Crippen molar-refractivity contribution in [3.8, 4) is 5.69 Å². The molecular formula is C31H35N3O. The number of nitrogens with one attached hydrogen (secondary N) is 1. The maximum absolute atomic E-state index is 12.1. The Morgan fingerprint density at radius 1 is 0.971 bits per heavy atom. The first-order valence-corrected chi connectivity index (χ1v) is 12.8. The zero-order chi connectivity index (χ0) is 24.4. The molecule has 4 heteroatoms. The molecule has 1 fully saturated rings. The molecule has 0 aliphatic carbocycles. The summed E-state index contributed by atoms with van der Waals surface area (Å²) in [6.07, 6.45) is 4.61. The number of likely N-dealkylation sites (tertiary alicyclic amines) is 1. The molecule has 5 rings (SSSR count). The molecule has 2 heterocycles. The molecule has 0 saturated carbocycles. The quantitative estimate of drug-likeness (QED) is 0.336. The number of carbonyl (C=O) groups excluding carboxylic acids is 1. The second kappa shape index (κ2) is 10.1. The van der Waals surface area contributed by atoms with Crippen LogP contribution in [0.2, 0.25) is 0 Å². The molecular weight excluding hydrogens is 430 g/mol. The van der Waals surface area contributed by atoms with Crippen LogP contribution in [0.5, 0.6) is 0 Å². The third-order valence-corrected chi connectivity index (χ3v) is 7.30. The topological polar surface area (TPSA) is 37.3 Å². The minimum absolute atomic E-state index is 0.0151. The Hall–Kier alpha value is -3.37. The van der Waals surface area contributed by atoms with E-state index < -0.39 is 0 Å². The first-order chi connectivity index (χ1) is 17.0. The Bertz CT molecular complexity index is 1330. The molecule has 0 atom stereocenters. The molecule has 1 aliphatic heterocycles. The number of para-hydroxylation sites is 2. The van der Waals surface area contributed by atoms with Gasteiger partial charge in [0.15, 0.2) is 0 Å². The van der Waals surface area contributed by atoms with Gasteiger partial charge in [-0.2, -0.15) is 0 Å². The summed E-state index contributed by atoms with van der Waals surface area (Å²) in [5.41, 5.74) is 7.44. The van der Waals surface area contributed by atoms with E-state index in [0.29, 0.717) is 5.92 Å². The lowest BCUT2D eigenvalue weighted by atomic mass is 9.89. The van der Waals surface area contributed by atoms with Crippen molar-refractivity contribution in [1.82, 2.24) is 9.47 Å². The van der Waals surface area contributed by atoms with Crippen molar-refractivity contribution in [2.75, 3.05) is 18.4 Å². The second-order valence-electron chi connectivity index (χ2n) is 10.1. The minimum Gasteiger partial charge on any atom is -0.326 e. The van der Waals surface area contributed by atoms with Crippen LogP contribution in [-0.4, -0.2) is 28.5 Å². The van der Waals surface area contributed by atoms with E-state index in [2.05, 4.69) is 94.6 Å². The second-order valence-corrected chi connectivity index (χ2v) is 10.1. The number of anilines is 1. The average Bonchev–Trinajstić information content (AvgIpc) is 3.23. The number of hydrogen-bond acceptors (Lipinski definition) is 2. The fourth-order valence-corrected chi connectivity index (χ4v) is 5.23. The highest BCUT2D eigenvalue weighted by molar-refractivity contribution is 5.92. The number of aryl methyl sites for hydroxylation is 1. The van der Waals surface area contributed by atoms with E-state index in [4.69, 9.17) is 0 Å². The van der Waals surface area contributed by atoms with Gasteiger partial charge in [0.2, 0.25) is 5.91 Å². The van der Waals surface area contributed by atoms with E-state index in [0.717, 1.165) is 38.2 Å². The van der Waals surface area contributed by atoms with Gasteiger partial charge < -0.3 is 9.88 Å². The van der Waals surface area contributed by atoms with Gasteiger partial charge in [-0.05, 0) is 79.7 Å². The van der Waals surface area contributed by atoms with Gasteiger partial charge in [0.25, 0.3) is 0 Å². The van der Waals surface area contributed by atoms with E-state index in [1.807, 2.05) is 19.9 Å². The van der Waals surface area contributed by atoms with Gasteiger partial charge in [-0.3, -0.25) is 9.69 Å². The van der Waals surface area contributed by atoms with Crippen molar-refractivity contribution in [1.29, 1.82) is 0 Å². The normalized spacial score (nSPS) is 15.1. The van der Waals surface area contributed by atoms with Gasteiger partial charge in [0.1, 0.15) is 0 Å². The van der Waals surface area contributed by atoms with Gasteiger partial charge in [0, 0.05) is 35.4 Å². The maximum Gasteiger partial charge on any atom is 0.226 e. The third-order valence-electron chi connectivity index (χ3n) is 7.30. The summed E-state index contributed by atoms with van der Waals surface area (Å²) < 4.78 is 2.35. The van der Waals surface area contributed by atoms with Gasteiger partial charge >= 0.3 is 0 Å². The largest absolute Gasteiger partial charge is 0.326 e. The number of amides is 1. The van der Waals surface area contributed by atoms with Crippen molar-refractivity contribution >= 4 is 22.5 Å². The molecule has 1 aromatic heterocycles. The van der Waals surface area contributed by atoms with Crippen LogP contribution >= 0.6 is 0 Å². The Morgan fingerprint density at radius 3 is 2.49 bits per heavy atom. The summed E-state index contributed by atoms with van der Waals surface area (Å²) in [7, 11) is 0. The number of benzene rings is 3. The molecule has 0 bridgehead atoms. The Labute approximate surface area is 208 Å². The molecule has 1 N–H and O–H groups in total. The van der Waals surface area contributed by atoms with E-state index >= 15 is 0 Å². The van der Waals surface area contributed by atoms with E-state index in [-0.39, 0.29) is 11.8 Å². The van der Waals surface area contributed by atoms with Crippen LogP contribution in [0.3, 0.4) is 0 Å². The van der Waals surface area contributed by atoms with Crippen LogP contribution in [0.1, 0.15) is 49.3 Å². The smallest absolute Gasteiger partial charge is 0.226 e. The Kier molecular flexibility index (Phi) is 6.74. The lowest BCUT2D eigenvalue weighted by molar-refractivity contribution is -0.118. The maximum atomic E-state index is 12.1. The third kappa shape index (κ3) is 5.03. The molecule has 180 valence electrons. The zero-order valence-corrected chi connectivity index (χ0v) is 21.0. The summed E-state index contributed by atoms with van der Waals surface area (Å²) in [4.78, 5) is 14.7. The lowest BCUT2D eigenvalue weighted by Gasteiger charge is -2.32. The van der Waals surface area contributed by atoms with Crippen LogP contribution in [0.25, 0.3) is 16.6 Å². The highest BCUT2D eigenvalue weighted by Crippen LogP contribution is 2.32. The van der Waals surface area contributed by atoms with Crippen molar-refractivity contribution in [2.24, 2.45) is 5.92 Å². The van der Waals surface area contributed by atoms with Crippen molar-refractivity contribution in [2.45, 2.75) is 46.1 Å². The van der Waals surface area contributed by atoms with Crippen molar-refractivity contribution in [3.63, 3.8) is 0 Å². The summed E-state index contributed by atoms with van der Waals surface area (Å²) in [6, 6.07) is 25.8. The lowest BCUT2D eigenvalue weighted by Crippen LogP contribution is -2.32. The van der Waals surface area contributed by atoms with Crippen LogP contribution < -0.4 is 5.32 Å². The number of hydrogen-bond donors (Lipinski definition) is 1. The molecule has 35 heavy (non-hydrogen) atoms. The van der Waals surface area contributed by atoms with Crippen molar-refractivity contribution < 1.29 is 4.79 Å².